The molecule has 2 aromatic carbocycles. The lowest BCUT2D eigenvalue weighted by Crippen LogP contribution is -2.37. The second kappa shape index (κ2) is 9.82. The van der Waals surface area contributed by atoms with Crippen LogP contribution in [0, 0.1) is 6.92 Å². The van der Waals surface area contributed by atoms with Crippen LogP contribution in [0.4, 0.5) is 5.69 Å². The molecule has 1 N–H and O–H groups in total. The second-order valence-electron chi connectivity index (χ2n) is 6.60. The van der Waals surface area contributed by atoms with E-state index < -0.39 is 0 Å². The predicted octanol–water partition coefficient (Wildman–Crippen LogP) is 3.61. The molecular formula is C22H22N2O3S2. The number of rotatable bonds is 7. The topological polar surface area (TPSA) is 60.9 Å². The number of carbonyl (C=O) groups excluding carboxylic acids is 2. The molecule has 0 atom stereocenters. The molecule has 1 saturated heterocycles. The Hall–Kier alpha value is -2.48. The molecule has 0 bridgehead atoms. The van der Waals surface area contributed by atoms with Crippen LogP contribution in [-0.2, 0) is 9.59 Å². The number of hydrogen-bond donors (Lipinski definition) is 1. The second-order valence-corrected chi connectivity index (χ2v) is 8.27. The average Bonchev–Trinajstić information content (AvgIpc) is 2.99. The van der Waals surface area contributed by atoms with Gasteiger partial charge in [0.05, 0.1) is 11.5 Å². The molecule has 0 radical (unpaired) electrons. The largest absolute Gasteiger partial charge is 0.395 e. The first-order chi connectivity index (χ1) is 14.0. The highest BCUT2D eigenvalue weighted by Crippen LogP contribution is 2.32. The van der Waals surface area contributed by atoms with Crippen molar-refractivity contribution in [2.24, 2.45) is 0 Å². The Balaban J connectivity index is 1.66. The highest BCUT2D eigenvalue weighted by atomic mass is 32.2. The van der Waals surface area contributed by atoms with Gasteiger partial charge in [-0.2, -0.15) is 0 Å². The molecule has 29 heavy (non-hydrogen) atoms. The summed E-state index contributed by atoms with van der Waals surface area (Å²) < 4.78 is 0.453. The van der Waals surface area contributed by atoms with Crippen LogP contribution in [0.25, 0.3) is 6.08 Å². The molecule has 1 fully saturated rings. The molecule has 0 spiro atoms. The lowest BCUT2D eigenvalue weighted by Gasteiger charge is -2.23. The molecule has 0 saturated carbocycles. The number of thioether (sulfide) groups is 1. The number of amides is 2. The van der Waals surface area contributed by atoms with E-state index in [0.717, 1.165) is 16.8 Å². The van der Waals surface area contributed by atoms with Gasteiger partial charge in [-0.25, -0.2) is 0 Å². The summed E-state index contributed by atoms with van der Waals surface area (Å²) in [7, 11) is 0. The zero-order chi connectivity index (χ0) is 20.8. The number of thiocarbonyl (C=S) groups is 1. The van der Waals surface area contributed by atoms with Gasteiger partial charge < -0.3 is 10.0 Å². The first-order valence-electron chi connectivity index (χ1n) is 9.28. The van der Waals surface area contributed by atoms with Crippen LogP contribution >= 0.6 is 24.0 Å². The summed E-state index contributed by atoms with van der Waals surface area (Å²) in [4.78, 5) is 29.0. The number of anilines is 1. The van der Waals surface area contributed by atoms with E-state index in [0.29, 0.717) is 9.23 Å². The average molecular weight is 427 g/mol. The molecule has 7 heteroatoms. The van der Waals surface area contributed by atoms with Crippen molar-refractivity contribution in [1.82, 2.24) is 4.90 Å². The summed E-state index contributed by atoms with van der Waals surface area (Å²) in [5.41, 5.74) is 2.81. The van der Waals surface area contributed by atoms with E-state index in [1.807, 2.05) is 67.6 Å². The van der Waals surface area contributed by atoms with E-state index in [4.69, 9.17) is 12.2 Å². The highest BCUT2D eigenvalue weighted by molar-refractivity contribution is 8.26. The number of carbonyl (C=O) groups is 2. The fourth-order valence-electron chi connectivity index (χ4n) is 2.95. The zero-order valence-electron chi connectivity index (χ0n) is 16.1. The maximum absolute atomic E-state index is 12.7. The number of aryl methyl sites for hydroxylation is 1. The van der Waals surface area contributed by atoms with Crippen LogP contribution in [0.3, 0.4) is 0 Å². The van der Waals surface area contributed by atoms with Crippen LogP contribution in [0.2, 0.25) is 0 Å². The fourth-order valence-corrected chi connectivity index (χ4v) is 4.26. The quantitative estimate of drug-likeness (QED) is 0.541. The molecule has 1 aliphatic rings. The van der Waals surface area contributed by atoms with Gasteiger partial charge in [0.1, 0.15) is 4.32 Å². The Bertz CT molecular complexity index is 927. The summed E-state index contributed by atoms with van der Waals surface area (Å²) in [5.74, 6) is -0.344. The Kier molecular flexibility index (Phi) is 7.19. The summed E-state index contributed by atoms with van der Waals surface area (Å²) in [6, 6.07) is 17.1. The van der Waals surface area contributed by atoms with Gasteiger partial charge in [0, 0.05) is 25.2 Å². The molecule has 0 unspecified atom stereocenters. The van der Waals surface area contributed by atoms with Crippen LogP contribution in [-0.4, -0.2) is 45.8 Å². The molecule has 0 aliphatic carbocycles. The Labute approximate surface area is 180 Å². The number of aliphatic hydroxyl groups excluding tert-OH is 1. The maximum atomic E-state index is 12.7. The number of aliphatic hydroxyl groups is 1. The maximum Gasteiger partial charge on any atom is 0.266 e. The minimum atomic E-state index is -0.179. The summed E-state index contributed by atoms with van der Waals surface area (Å²) in [5, 5.41) is 9.31. The summed E-state index contributed by atoms with van der Waals surface area (Å²) in [6.07, 6.45) is 1.95. The molecule has 2 aromatic rings. The monoisotopic (exact) mass is 426 g/mol. The van der Waals surface area contributed by atoms with Crippen molar-refractivity contribution in [3.63, 3.8) is 0 Å². The van der Waals surface area contributed by atoms with Gasteiger partial charge in [-0.3, -0.25) is 14.5 Å². The van der Waals surface area contributed by atoms with E-state index in [1.54, 1.807) is 0 Å². The van der Waals surface area contributed by atoms with Gasteiger partial charge in [-0.05, 0) is 30.7 Å². The lowest BCUT2D eigenvalue weighted by molar-refractivity contribution is -0.123. The molecule has 0 aromatic heterocycles. The molecule has 3 rings (SSSR count). The SMILES string of the molecule is Cc1ccc(/C=C2/SC(=S)N(CCC(=O)N(CCO)c3ccccc3)C2=O)cc1. The molecule has 1 heterocycles. The van der Waals surface area contributed by atoms with Gasteiger partial charge in [-0.15, -0.1) is 0 Å². The third-order valence-corrected chi connectivity index (χ3v) is 5.87. The van der Waals surface area contributed by atoms with Crippen molar-refractivity contribution in [1.29, 1.82) is 0 Å². The van der Waals surface area contributed by atoms with E-state index in [2.05, 4.69) is 0 Å². The van der Waals surface area contributed by atoms with Gasteiger partial charge >= 0.3 is 0 Å². The van der Waals surface area contributed by atoms with E-state index in [-0.39, 0.29) is 37.9 Å². The van der Waals surface area contributed by atoms with Gasteiger partial charge in [0.25, 0.3) is 5.91 Å². The van der Waals surface area contributed by atoms with Gasteiger partial charge in [-0.1, -0.05) is 72.0 Å². The van der Waals surface area contributed by atoms with Crippen molar-refractivity contribution < 1.29 is 14.7 Å². The first-order valence-corrected chi connectivity index (χ1v) is 10.5. The number of para-hydroxylation sites is 1. The molecule has 1 aliphatic heterocycles. The van der Waals surface area contributed by atoms with Crippen LogP contribution in [0.15, 0.2) is 59.5 Å². The zero-order valence-corrected chi connectivity index (χ0v) is 17.7. The summed E-state index contributed by atoms with van der Waals surface area (Å²) >= 11 is 6.61. The molecule has 150 valence electrons. The number of benzene rings is 2. The molecule has 2 amide bonds. The number of nitrogens with zero attached hydrogens (tertiary/aromatic N) is 2. The van der Waals surface area contributed by atoms with Crippen molar-refractivity contribution in [2.45, 2.75) is 13.3 Å². The first kappa shape index (κ1) is 21.2. The number of hydrogen-bond acceptors (Lipinski definition) is 5. The minimum absolute atomic E-state index is 0.124. The highest BCUT2D eigenvalue weighted by Gasteiger charge is 2.32. The van der Waals surface area contributed by atoms with Gasteiger partial charge in [0.15, 0.2) is 0 Å². The van der Waals surface area contributed by atoms with Crippen molar-refractivity contribution in [3.8, 4) is 0 Å². The third-order valence-electron chi connectivity index (χ3n) is 4.49. The summed E-state index contributed by atoms with van der Waals surface area (Å²) in [6.45, 7) is 2.29. The van der Waals surface area contributed by atoms with Crippen molar-refractivity contribution >= 4 is 51.9 Å². The third kappa shape index (κ3) is 5.32. The standard InChI is InChI=1S/C22H22N2O3S2/c1-16-7-9-17(10-8-16)15-19-21(27)24(22(28)29-19)12-11-20(26)23(13-14-25)18-5-3-2-4-6-18/h2-10,15,25H,11-14H2,1H3/b19-15+. The lowest BCUT2D eigenvalue weighted by atomic mass is 10.1. The van der Waals surface area contributed by atoms with Crippen LogP contribution in [0.1, 0.15) is 17.5 Å². The van der Waals surface area contributed by atoms with Gasteiger partial charge in [0.2, 0.25) is 5.91 Å². The Morgan fingerprint density at radius 2 is 1.86 bits per heavy atom. The van der Waals surface area contributed by atoms with E-state index >= 15 is 0 Å². The smallest absolute Gasteiger partial charge is 0.266 e. The molecule has 5 nitrogen and oxygen atoms in total. The van der Waals surface area contributed by atoms with Crippen LogP contribution in [0.5, 0.6) is 0 Å². The minimum Gasteiger partial charge on any atom is -0.395 e. The predicted molar refractivity (Wildman–Crippen MR) is 122 cm³/mol. The fraction of sp³-hybridized carbons (Fsp3) is 0.227. The Morgan fingerprint density at radius 3 is 2.52 bits per heavy atom. The van der Waals surface area contributed by atoms with Crippen LogP contribution < -0.4 is 4.90 Å². The van der Waals surface area contributed by atoms with E-state index in [9.17, 15) is 14.7 Å². The van der Waals surface area contributed by atoms with E-state index in [1.165, 1.54) is 21.6 Å². The molecular weight excluding hydrogens is 404 g/mol. The normalized spacial score (nSPS) is 15.2. The van der Waals surface area contributed by atoms with Crippen molar-refractivity contribution in [2.75, 3.05) is 24.6 Å². The van der Waals surface area contributed by atoms with Crippen molar-refractivity contribution in [3.05, 3.63) is 70.6 Å². The Morgan fingerprint density at radius 1 is 1.17 bits per heavy atom.